The minimum absolute atomic E-state index is 0.207. The summed E-state index contributed by atoms with van der Waals surface area (Å²) in [6, 6.07) is 8.88. The van der Waals surface area contributed by atoms with Gasteiger partial charge in [-0.25, -0.2) is 4.39 Å². The molecule has 0 fully saturated rings. The van der Waals surface area contributed by atoms with Crippen molar-refractivity contribution in [3.63, 3.8) is 0 Å². The quantitative estimate of drug-likeness (QED) is 0.819. The second-order valence-electron chi connectivity index (χ2n) is 4.37. The monoisotopic (exact) mass is 245 g/mol. The maximum atomic E-state index is 13.6. The van der Waals surface area contributed by atoms with E-state index < -0.39 is 0 Å². The Morgan fingerprint density at radius 1 is 1.06 bits per heavy atom. The number of nitrogens with two attached hydrogens (primary N) is 1. The van der Waals surface area contributed by atoms with Gasteiger partial charge in [-0.3, -0.25) is 0 Å². The van der Waals surface area contributed by atoms with E-state index in [0.717, 1.165) is 16.7 Å². The molecule has 2 aromatic carbocycles. The second kappa shape index (κ2) is 4.69. The van der Waals surface area contributed by atoms with E-state index in [2.05, 4.69) is 0 Å². The molecule has 0 heterocycles. The van der Waals surface area contributed by atoms with Gasteiger partial charge in [0, 0.05) is 0 Å². The molecule has 0 unspecified atom stereocenters. The van der Waals surface area contributed by atoms with Gasteiger partial charge in [0.25, 0.3) is 0 Å². The van der Waals surface area contributed by atoms with Crippen molar-refractivity contribution in [2.75, 3.05) is 12.8 Å². The summed E-state index contributed by atoms with van der Waals surface area (Å²) in [5.41, 5.74) is 9.83. The normalized spacial score (nSPS) is 10.4. The molecule has 2 N–H and O–H groups in total. The van der Waals surface area contributed by atoms with Crippen LogP contribution in [0.25, 0.3) is 11.1 Å². The van der Waals surface area contributed by atoms with E-state index in [1.54, 1.807) is 20.1 Å². The standard InChI is InChI=1S/C15H16FNO/c1-9-4-5-11(7-13(9)16)12-8-14(17)15(18-3)6-10(12)2/h4-8H,17H2,1-3H3. The highest BCUT2D eigenvalue weighted by atomic mass is 19.1. The van der Waals surface area contributed by atoms with Gasteiger partial charge in [0.1, 0.15) is 11.6 Å². The Morgan fingerprint density at radius 2 is 1.78 bits per heavy atom. The Morgan fingerprint density at radius 3 is 2.39 bits per heavy atom. The summed E-state index contributed by atoms with van der Waals surface area (Å²) in [6.45, 7) is 3.70. The van der Waals surface area contributed by atoms with Gasteiger partial charge in [0.15, 0.2) is 0 Å². The van der Waals surface area contributed by atoms with Gasteiger partial charge in [-0.15, -0.1) is 0 Å². The largest absolute Gasteiger partial charge is 0.495 e. The SMILES string of the molecule is COc1cc(C)c(-c2ccc(C)c(F)c2)cc1N. The zero-order valence-electron chi connectivity index (χ0n) is 10.8. The van der Waals surface area contributed by atoms with Crippen molar-refractivity contribution in [2.24, 2.45) is 0 Å². The van der Waals surface area contributed by atoms with Crippen molar-refractivity contribution in [3.8, 4) is 16.9 Å². The van der Waals surface area contributed by atoms with E-state index in [-0.39, 0.29) is 5.82 Å². The molecule has 18 heavy (non-hydrogen) atoms. The van der Waals surface area contributed by atoms with Gasteiger partial charge >= 0.3 is 0 Å². The lowest BCUT2D eigenvalue weighted by molar-refractivity contribution is 0.416. The highest BCUT2D eigenvalue weighted by Gasteiger charge is 2.09. The zero-order valence-corrected chi connectivity index (χ0v) is 10.8. The first-order chi connectivity index (χ1) is 8.52. The van der Waals surface area contributed by atoms with Gasteiger partial charge in [0.2, 0.25) is 0 Å². The van der Waals surface area contributed by atoms with Crippen molar-refractivity contribution in [2.45, 2.75) is 13.8 Å². The average molecular weight is 245 g/mol. The Kier molecular flexibility index (Phi) is 3.24. The first-order valence-corrected chi connectivity index (χ1v) is 5.73. The third-order valence-corrected chi connectivity index (χ3v) is 3.06. The molecule has 94 valence electrons. The van der Waals surface area contributed by atoms with Crippen LogP contribution in [0.5, 0.6) is 5.75 Å². The number of aryl methyl sites for hydroxylation is 2. The number of benzene rings is 2. The lowest BCUT2D eigenvalue weighted by Gasteiger charge is -2.11. The molecule has 0 aliphatic carbocycles. The summed E-state index contributed by atoms with van der Waals surface area (Å²) >= 11 is 0. The van der Waals surface area contributed by atoms with Gasteiger partial charge in [0.05, 0.1) is 12.8 Å². The molecule has 2 rings (SSSR count). The minimum Gasteiger partial charge on any atom is -0.495 e. The van der Waals surface area contributed by atoms with E-state index in [4.69, 9.17) is 10.5 Å². The van der Waals surface area contributed by atoms with Crippen LogP contribution in [0.2, 0.25) is 0 Å². The van der Waals surface area contributed by atoms with Crippen LogP contribution in [0.15, 0.2) is 30.3 Å². The second-order valence-corrected chi connectivity index (χ2v) is 4.37. The summed E-state index contributed by atoms with van der Waals surface area (Å²) in [4.78, 5) is 0. The Balaban J connectivity index is 2.57. The summed E-state index contributed by atoms with van der Waals surface area (Å²) in [5, 5.41) is 0. The number of anilines is 1. The highest BCUT2D eigenvalue weighted by molar-refractivity contribution is 5.74. The Hall–Kier alpha value is -2.03. The maximum absolute atomic E-state index is 13.6. The third kappa shape index (κ3) is 2.16. The first-order valence-electron chi connectivity index (χ1n) is 5.73. The molecule has 0 aromatic heterocycles. The molecule has 0 aliphatic rings. The van der Waals surface area contributed by atoms with Crippen LogP contribution in [0.3, 0.4) is 0 Å². The summed E-state index contributed by atoms with van der Waals surface area (Å²) < 4.78 is 18.7. The van der Waals surface area contributed by atoms with Crippen molar-refractivity contribution in [3.05, 3.63) is 47.3 Å². The molecule has 0 saturated carbocycles. The number of halogens is 1. The van der Waals surface area contributed by atoms with E-state index in [9.17, 15) is 4.39 Å². The molecule has 0 spiro atoms. The topological polar surface area (TPSA) is 35.2 Å². The smallest absolute Gasteiger partial charge is 0.142 e. The van der Waals surface area contributed by atoms with Crippen LogP contribution in [0, 0.1) is 19.7 Å². The fraction of sp³-hybridized carbons (Fsp3) is 0.200. The number of hydrogen-bond donors (Lipinski definition) is 1. The number of hydrogen-bond acceptors (Lipinski definition) is 2. The average Bonchev–Trinajstić information content (AvgIpc) is 2.35. The predicted octanol–water partition coefficient (Wildman–Crippen LogP) is 3.70. The van der Waals surface area contributed by atoms with Crippen molar-refractivity contribution >= 4 is 5.69 Å². The molecule has 2 aromatic rings. The number of methoxy groups -OCH3 is 1. The van der Waals surface area contributed by atoms with E-state index >= 15 is 0 Å². The lowest BCUT2D eigenvalue weighted by atomic mass is 9.98. The molecule has 2 nitrogen and oxygen atoms in total. The molecule has 0 bridgehead atoms. The van der Waals surface area contributed by atoms with E-state index in [1.165, 1.54) is 6.07 Å². The number of ether oxygens (including phenoxy) is 1. The summed E-state index contributed by atoms with van der Waals surface area (Å²) in [6.07, 6.45) is 0. The molecule has 0 aliphatic heterocycles. The third-order valence-electron chi connectivity index (χ3n) is 3.06. The summed E-state index contributed by atoms with van der Waals surface area (Å²) in [7, 11) is 1.58. The zero-order chi connectivity index (χ0) is 13.3. The van der Waals surface area contributed by atoms with Gasteiger partial charge < -0.3 is 10.5 Å². The molecular weight excluding hydrogens is 229 g/mol. The predicted molar refractivity (Wildman–Crippen MR) is 72.3 cm³/mol. The van der Waals surface area contributed by atoms with Gasteiger partial charge in [-0.2, -0.15) is 0 Å². The highest BCUT2D eigenvalue weighted by Crippen LogP contribution is 2.32. The summed E-state index contributed by atoms with van der Waals surface area (Å²) in [5.74, 6) is 0.435. The van der Waals surface area contributed by atoms with Crippen molar-refractivity contribution in [1.82, 2.24) is 0 Å². The van der Waals surface area contributed by atoms with Gasteiger partial charge in [-0.05, 0) is 54.3 Å². The fourth-order valence-corrected chi connectivity index (χ4v) is 1.95. The van der Waals surface area contributed by atoms with E-state index in [0.29, 0.717) is 17.0 Å². The molecule has 0 amide bonds. The molecule has 0 saturated heterocycles. The number of nitrogen functional groups attached to an aromatic ring is 1. The van der Waals surface area contributed by atoms with Crippen LogP contribution < -0.4 is 10.5 Å². The van der Waals surface area contributed by atoms with Crippen LogP contribution in [0.4, 0.5) is 10.1 Å². The van der Waals surface area contributed by atoms with Gasteiger partial charge in [-0.1, -0.05) is 12.1 Å². The van der Waals surface area contributed by atoms with Crippen molar-refractivity contribution < 1.29 is 9.13 Å². The minimum atomic E-state index is -0.207. The van der Waals surface area contributed by atoms with Crippen molar-refractivity contribution in [1.29, 1.82) is 0 Å². The van der Waals surface area contributed by atoms with Crippen LogP contribution in [-0.4, -0.2) is 7.11 Å². The first kappa shape index (κ1) is 12.4. The fourth-order valence-electron chi connectivity index (χ4n) is 1.95. The van der Waals surface area contributed by atoms with Crippen LogP contribution >= 0.6 is 0 Å². The molecule has 3 heteroatoms. The van der Waals surface area contributed by atoms with Crippen LogP contribution in [-0.2, 0) is 0 Å². The van der Waals surface area contributed by atoms with Crippen LogP contribution in [0.1, 0.15) is 11.1 Å². The Labute approximate surface area is 106 Å². The molecular formula is C15H16FNO. The molecule has 0 radical (unpaired) electrons. The number of rotatable bonds is 2. The lowest BCUT2D eigenvalue weighted by Crippen LogP contribution is -1.95. The maximum Gasteiger partial charge on any atom is 0.142 e. The molecule has 0 atom stereocenters. The van der Waals surface area contributed by atoms with E-state index in [1.807, 2.05) is 25.1 Å². The Bertz CT molecular complexity index is 593.